The minimum atomic E-state index is -0.252. The number of aromatic nitrogens is 4. The van der Waals surface area contributed by atoms with Crippen molar-refractivity contribution in [1.29, 1.82) is 0 Å². The summed E-state index contributed by atoms with van der Waals surface area (Å²) in [5, 5.41) is 14.4. The molecule has 0 aliphatic heterocycles. The monoisotopic (exact) mass is 310 g/mol. The molecule has 3 N–H and O–H groups in total. The molecule has 7 nitrogen and oxygen atoms in total. The van der Waals surface area contributed by atoms with Gasteiger partial charge in [0.1, 0.15) is 0 Å². The summed E-state index contributed by atoms with van der Waals surface area (Å²) in [6, 6.07) is 3.23. The standard InChI is InChI=1S/C10H11BrN6O/c1-2-13-10(18)7-3-4-8(15-14-7)17-5-6(11)9(12)16-17/h3-5H,2H2,1H3,(H2,12,16)(H,13,18). The topological polar surface area (TPSA) is 98.7 Å². The number of nitrogens with one attached hydrogen (secondary N) is 1. The highest BCUT2D eigenvalue weighted by Gasteiger charge is 2.09. The van der Waals surface area contributed by atoms with Crippen molar-refractivity contribution < 1.29 is 4.79 Å². The van der Waals surface area contributed by atoms with Gasteiger partial charge in [0.05, 0.1) is 4.47 Å². The smallest absolute Gasteiger partial charge is 0.271 e. The van der Waals surface area contributed by atoms with Crippen molar-refractivity contribution >= 4 is 27.7 Å². The summed E-state index contributed by atoms with van der Waals surface area (Å²) in [5.41, 5.74) is 5.87. The van der Waals surface area contributed by atoms with Crippen molar-refractivity contribution in [2.75, 3.05) is 12.3 Å². The first-order chi connectivity index (χ1) is 8.61. The summed E-state index contributed by atoms with van der Waals surface area (Å²) in [6.45, 7) is 2.38. The number of carbonyl (C=O) groups is 1. The van der Waals surface area contributed by atoms with E-state index in [9.17, 15) is 4.79 Å². The third-order valence-electron chi connectivity index (χ3n) is 2.15. The number of rotatable bonds is 3. The van der Waals surface area contributed by atoms with E-state index in [1.807, 2.05) is 6.92 Å². The number of carbonyl (C=O) groups excluding carboxylic acids is 1. The van der Waals surface area contributed by atoms with Crippen LogP contribution >= 0.6 is 15.9 Å². The van der Waals surface area contributed by atoms with E-state index >= 15 is 0 Å². The van der Waals surface area contributed by atoms with Gasteiger partial charge in [0.2, 0.25) is 0 Å². The molecule has 0 aliphatic carbocycles. The highest BCUT2D eigenvalue weighted by Crippen LogP contribution is 2.18. The van der Waals surface area contributed by atoms with Crippen molar-refractivity contribution in [1.82, 2.24) is 25.3 Å². The van der Waals surface area contributed by atoms with E-state index in [0.29, 0.717) is 22.7 Å². The zero-order valence-corrected chi connectivity index (χ0v) is 11.2. The minimum absolute atomic E-state index is 0.252. The fourth-order valence-corrected chi connectivity index (χ4v) is 1.58. The van der Waals surface area contributed by atoms with Gasteiger partial charge in [-0.3, -0.25) is 4.79 Å². The average molecular weight is 311 g/mol. The van der Waals surface area contributed by atoms with Crippen LogP contribution in [0.4, 0.5) is 5.82 Å². The SMILES string of the molecule is CCNC(=O)c1ccc(-n2cc(Br)c(N)n2)nn1. The molecule has 94 valence electrons. The highest BCUT2D eigenvalue weighted by molar-refractivity contribution is 9.10. The van der Waals surface area contributed by atoms with Crippen molar-refractivity contribution in [2.24, 2.45) is 0 Å². The summed E-state index contributed by atoms with van der Waals surface area (Å²) < 4.78 is 2.16. The summed E-state index contributed by atoms with van der Waals surface area (Å²) >= 11 is 3.25. The summed E-state index contributed by atoms with van der Waals surface area (Å²) in [5.74, 6) is 0.600. The van der Waals surface area contributed by atoms with E-state index < -0.39 is 0 Å². The molecule has 1 amide bonds. The Morgan fingerprint density at radius 3 is 2.78 bits per heavy atom. The van der Waals surface area contributed by atoms with E-state index in [4.69, 9.17) is 5.73 Å². The maximum absolute atomic E-state index is 11.5. The predicted molar refractivity (Wildman–Crippen MR) is 69.3 cm³/mol. The lowest BCUT2D eigenvalue weighted by molar-refractivity contribution is 0.0950. The molecule has 0 bridgehead atoms. The van der Waals surface area contributed by atoms with Crippen LogP contribution in [0.3, 0.4) is 0 Å². The quantitative estimate of drug-likeness (QED) is 0.872. The highest BCUT2D eigenvalue weighted by atomic mass is 79.9. The third-order valence-corrected chi connectivity index (χ3v) is 2.76. The molecule has 0 saturated heterocycles. The summed E-state index contributed by atoms with van der Waals surface area (Å²) in [7, 11) is 0. The number of amides is 1. The Kier molecular flexibility index (Phi) is 3.56. The van der Waals surface area contributed by atoms with Gasteiger partial charge in [0, 0.05) is 12.7 Å². The maximum atomic E-state index is 11.5. The predicted octanol–water partition coefficient (Wildman–Crippen LogP) is 0.757. The van der Waals surface area contributed by atoms with Gasteiger partial charge in [-0.25, -0.2) is 4.68 Å². The first-order valence-corrected chi connectivity index (χ1v) is 6.04. The van der Waals surface area contributed by atoms with E-state index in [-0.39, 0.29) is 11.6 Å². The number of hydrogen-bond acceptors (Lipinski definition) is 5. The van der Waals surface area contributed by atoms with Crippen LogP contribution in [0, 0.1) is 0 Å². The number of anilines is 1. The average Bonchev–Trinajstić information content (AvgIpc) is 2.70. The van der Waals surface area contributed by atoms with Crippen LogP contribution in [0.15, 0.2) is 22.8 Å². The number of hydrogen-bond donors (Lipinski definition) is 2. The second-order valence-electron chi connectivity index (χ2n) is 3.44. The Morgan fingerprint density at radius 1 is 1.50 bits per heavy atom. The third kappa shape index (κ3) is 2.48. The Bertz CT molecular complexity index is 545. The number of nitrogens with zero attached hydrogens (tertiary/aromatic N) is 4. The van der Waals surface area contributed by atoms with Crippen LogP contribution in [-0.2, 0) is 0 Å². The molecule has 0 aliphatic rings. The van der Waals surface area contributed by atoms with Crippen LogP contribution in [-0.4, -0.2) is 32.4 Å². The molecule has 2 heterocycles. The van der Waals surface area contributed by atoms with E-state index in [2.05, 4.69) is 36.5 Å². The van der Waals surface area contributed by atoms with Crippen molar-refractivity contribution in [3.8, 4) is 5.82 Å². The second kappa shape index (κ2) is 5.13. The number of halogens is 1. The number of nitrogens with two attached hydrogens (primary N) is 1. The largest absolute Gasteiger partial charge is 0.381 e. The number of nitrogen functional groups attached to an aromatic ring is 1. The van der Waals surface area contributed by atoms with Crippen molar-refractivity contribution in [3.63, 3.8) is 0 Å². The molecule has 2 rings (SSSR count). The van der Waals surface area contributed by atoms with E-state index in [1.54, 1.807) is 18.3 Å². The molecule has 2 aromatic rings. The fourth-order valence-electron chi connectivity index (χ4n) is 1.30. The van der Waals surface area contributed by atoms with Crippen LogP contribution in [0.25, 0.3) is 5.82 Å². The minimum Gasteiger partial charge on any atom is -0.381 e. The lowest BCUT2D eigenvalue weighted by Crippen LogP contribution is -2.24. The van der Waals surface area contributed by atoms with Gasteiger partial charge in [0.25, 0.3) is 5.91 Å². The molecule has 0 unspecified atom stereocenters. The fraction of sp³-hybridized carbons (Fsp3) is 0.200. The van der Waals surface area contributed by atoms with Crippen molar-refractivity contribution in [2.45, 2.75) is 6.92 Å². The van der Waals surface area contributed by atoms with Gasteiger partial charge in [-0.05, 0) is 35.0 Å². The summed E-state index contributed by atoms with van der Waals surface area (Å²) in [6.07, 6.45) is 1.67. The van der Waals surface area contributed by atoms with Gasteiger partial charge in [-0.1, -0.05) is 0 Å². The van der Waals surface area contributed by atoms with Gasteiger partial charge in [-0.2, -0.15) is 0 Å². The maximum Gasteiger partial charge on any atom is 0.271 e. The van der Waals surface area contributed by atoms with E-state index in [1.165, 1.54) is 4.68 Å². The molecule has 0 aromatic carbocycles. The molecule has 0 atom stereocenters. The first kappa shape index (κ1) is 12.5. The lowest BCUT2D eigenvalue weighted by Gasteiger charge is -2.02. The molecule has 0 spiro atoms. The van der Waals surface area contributed by atoms with Gasteiger partial charge in [0.15, 0.2) is 17.3 Å². The van der Waals surface area contributed by atoms with Gasteiger partial charge in [-0.15, -0.1) is 15.3 Å². The molecule has 0 saturated carbocycles. The molecular formula is C10H11BrN6O. The second-order valence-corrected chi connectivity index (χ2v) is 4.30. The zero-order chi connectivity index (χ0) is 13.1. The zero-order valence-electron chi connectivity index (χ0n) is 9.59. The molecule has 18 heavy (non-hydrogen) atoms. The van der Waals surface area contributed by atoms with Crippen LogP contribution in [0.1, 0.15) is 17.4 Å². The molecule has 0 fully saturated rings. The molecule has 2 aromatic heterocycles. The summed E-state index contributed by atoms with van der Waals surface area (Å²) in [4.78, 5) is 11.5. The Hall–Kier alpha value is -1.96. The normalized spacial score (nSPS) is 10.3. The Balaban J connectivity index is 2.24. The van der Waals surface area contributed by atoms with Crippen LogP contribution in [0.2, 0.25) is 0 Å². The van der Waals surface area contributed by atoms with Crippen molar-refractivity contribution in [3.05, 3.63) is 28.5 Å². The van der Waals surface area contributed by atoms with Crippen LogP contribution in [0.5, 0.6) is 0 Å². The lowest BCUT2D eigenvalue weighted by atomic mass is 10.3. The molecular weight excluding hydrogens is 300 g/mol. The first-order valence-electron chi connectivity index (χ1n) is 5.24. The van der Waals surface area contributed by atoms with Crippen LogP contribution < -0.4 is 11.1 Å². The molecule has 8 heteroatoms. The Morgan fingerprint density at radius 2 is 2.28 bits per heavy atom. The van der Waals surface area contributed by atoms with Gasteiger partial charge < -0.3 is 11.1 Å². The van der Waals surface area contributed by atoms with Gasteiger partial charge >= 0.3 is 0 Å². The molecule has 0 radical (unpaired) electrons. The van der Waals surface area contributed by atoms with E-state index in [0.717, 1.165) is 0 Å². The Labute approximate surface area is 112 Å².